The number of likely N-dealkylation sites (N-methyl/N-ethyl adjacent to an activating group) is 1. The second kappa shape index (κ2) is 11.4. The van der Waals surface area contributed by atoms with Gasteiger partial charge >= 0.3 is 5.97 Å². The van der Waals surface area contributed by atoms with Crippen molar-refractivity contribution in [3.63, 3.8) is 0 Å². The molecule has 0 fully saturated rings. The average Bonchev–Trinajstić information content (AvgIpc) is 3.12. The summed E-state index contributed by atoms with van der Waals surface area (Å²) in [5.74, 6) is -1.66. The normalized spacial score (nSPS) is 13.4. The number of nitrogens with zero attached hydrogens (tertiary/aromatic N) is 4. The summed E-state index contributed by atoms with van der Waals surface area (Å²) in [7, 11) is 0. The van der Waals surface area contributed by atoms with E-state index in [0.717, 1.165) is 33.7 Å². The van der Waals surface area contributed by atoms with Gasteiger partial charge in [-0.1, -0.05) is 37.3 Å². The van der Waals surface area contributed by atoms with Crippen molar-refractivity contribution < 1.29 is 19.1 Å². The highest BCUT2D eigenvalue weighted by atomic mass is 32.2. The number of ether oxygens (including phenoxy) is 1. The van der Waals surface area contributed by atoms with E-state index < -0.39 is 17.8 Å². The molecule has 2 heterocycles. The molecule has 0 atom stereocenters. The number of carbonyl (C=O) groups excluding carboxylic acids is 3. The van der Waals surface area contributed by atoms with Crippen LogP contribution in [0.25, 0.3) is 0 Å². The molecule has 0 spiro atoms. The van der Waals surface area contributed by atoms with Crippen molar-refractivity contribution in [2.24, 2.45) is 0 Å². The van der Waals surface area contributed by atoms with E-state index in [-0.39, 0.29) is 28.5 Å². The Morgan fingerprint density at radius 1 is 0.946 bits per heavy atom. The topological polar surface area (TPSA) is 92.7 Å². The molecule has 9 heteroatoms. The molecule has 1 aromatic heterocycles. The van der Waals surface area contributed by atoms with Gasteiger partial charge in [-0.3, -0.25) is 9.59 Å². The number of rotatable bonds is 9. The number of amides is 2. The molecule has 0 radical (unpaired) electrons. The van der Waals surface area contributed by atoms with E-state index in [9.17, 15) is 14.4 Å². The summed E-state index contributed by atoms with van der Waals surface area (Å²) < 4.78 is 5.32. The van der Waals surface area contributed by atoms with Gasteiger partial charge in [0, 0.05) is 23.6 Å². The maximum atomic E-state index is 14.0. The largest absolute Gasteiger partial charge is 0.462 e. The van der Waals surface area contributed by atoms with E-state index in [4.69, 9.17) is 4.74 Å². The number of esters is 1. The van der Waals surface area contributed by atoms with Crippen LogP contribution in [0.4, 0.5) is 11.4 Å². The van der Waals surface area contributed by atoms with Gasteiger partial charge in [-0.15, -0.1) is 0 Å². The van der Waals surface area contributed by atoms with Gasteiger partial charge in [0.05, 0.1) is 17.9 Å². The molecule has 4 rings (SSSR count). The van der Waals surface area contributed by atoms with Crippen molar-refractivity contribution >= 4 is 40.9 Å². The Labute approximate surface area is 220 Å². The minimum Gasteiger partial charge on any atom is -0.462 e. The zero-order valence-corrected chi connectivity index (χ0v) is 22.0. The van der Waals surface area contributed by atoms with E-state index in [1.54, 1.807) is 29.2 Å². The second-order valence-electron chi connectivity index (χ2n) is 8.39. The molecular weight excluding hydrogens is 488 g/mol. The second-order valence-corrected chi connectivity index (χ2v) is 9.37. The SMILES string of the molecule is CCCOC(=O)c1ccccc1N1C(=O)C(Sc2nc(C)cc(C)n2)=C(N(CC)c2ccccc2)C1=O. The minimum atomic E-state index is -0.589. The first-order valence-electron chi connectivity index (χ1n) is 12.1. The smallest absolute Gasteiger partial charge is 0.340 e. The fraction of sp³-hybridized carbons (Fsp3) is 0.250. The van der Waals surface area contributed by atoms with Crippen LogP contribution in [0.3, 0.4) is 0 Å². The molecule has 190 valence electrons. The van der Waals surface area contributed by atoms with Crippen LogP contribution in [0.5, 0.6) is 0 Å². The summed E-state index contributed by atoms with van der Waals surface area (Å²) in [6.45, 7) is 8.17. The van der Waals surface area contributed by atoms with E-state index >= 15 is 0 Å². The van der Waals surface area contributed by atoms with Crippen LogP contribution in [-0.2, 0) is 14.3 Å². The molecule has 2 aromatic carbocycles. The molecule has 37 heavy (non-hydrogen) atoms. The molecule has 0 unspecified atom stereocenters. The first kappa shape index (κ1) is 26.1. The van der Waals surface area contributed by atoms with Crippen LogP contribution in [0, 0.1) is 13.8 Å². The average molecular weight is 517 g/mol. The van der Waals surface area contributed by atoms with Gasteiger partial charge < -0.3 is 9.64 Å². The number of aromatic nitrogens is 2. The highest BCUT2D eigenvalue weighted by Gasteiger charge is 2.44. The third kappa shape index (κ3) is 5.41. The quantitative estimate of drug-likeness (QED) is 0.221. The maximum absolute atomic E-state index is 14.0. The minimum absolute atomic E-state index is 0.147. The van der Waals surface area contributed by atoms with Crippen molar-refractivity contribution in [2.75, 3.05) is 23.0 Å². The molecular formula is C28H28N4O4S. The zero-order valence-electron chi connectivity index (χ0n) is 21.2. The highest BCUT2D eigenvalue weighted by molar-refractivity contribution is 8.04. The van der Waals surface area contributed by atoms with Crippen molar-refractivity contribution in [3.05, 3.63) is 88.2 Å². The summed E-state index contributed by atoms with van der Waals surface area (Å²) in [6, 6.07) is 17.7. The molecule has 8 nitrogen and oxygen atoms in total. The molecule has 0 aliphatic carbocycles. The van der Waals surface area contributed by atoms with Crippen molar-refractivity contribution in [1.82, 2.24) is 9.97 Å². The van der Waals surface area contributed by atoms with E-state index in [1.165, 1.54) is 0 Å². The van der Waals surface area contributed by atoms with E-state index in [1.807, 2.05) is 64.1 Å². The van der Waals surface area contributed by atoms with Crippen LogP contribution >= 0.6 is 11.8 Å². The van der Waals surface area contributed by atoms with Gasteiger partial charge in [0.1, 0.15) is 10.6 Å². The third-order valence-electron chi connectivity index (χ3n) is 5.63. The molecule has 0 N–H and O–H groups in total. The Morgan fingerprint density at radius 2 is 1.59 bits per heavy atom. The molecule has 3 aromatic rings. The summed E-state index contributed by atoms with van der Waals surface area (Å²) in [6.07, 6.45) is 0.653. The summed E-state index contributed by atoms with van der Waals surface area (Å²) in [5, 5.41) is 0.368. The lowest BCUT2D eigenvalue weighted by molar-refractivity contribution is -0.120. The lowest BCUT2D eigenvalue weighted by atomic mass is 10.1. The predicted octanol–water partition coefficient (Wildman–Crippen LogP) is 5.06. The summed E-state index contributed by atoms with van der Waals surface area (Å²) >= 11 is 1.05. The number of aryl methyl sites for hydroxylation is 2. The number of anilines is 2. The molecule has 1 aliphatic rings. The lowest BCUT2D eigenvalue weighted by Gasteiger charge is -2.25. The van der Waals surface area contributed by atoms with E-state index in [2.05, 4.69) is 9.97 Å². The Morgan fingerprint density at radius 3 is 2.24 bits per heavy atom. The van der Waals surface area contributed by atoms with Gasteiger partial charge in [-0.05, 0) is 69.3 Å². The highest BCUT2D eigenvalue weighted by Crippen LogP contribution is 2.40. The van der Waals surface area contributed by atoms with Crippen LogP contribution in [-0.4, -0.2) is 40.9 Å². The lowest BCUT2D eigenvalue weighted by Crippen LogP contribution is -2.36. The summed E-state index contributed by atoms with van der Waals surface area (Å²) in [4.78, 5) is 52.7. The number of carbonyl (C=O) groups is 3. The number of imide groups is 1. The molecule has 0 saturated carbocycles. The van der Waals surface area contributed by atoms with Gasteiger partial charge in [0.15, 0.2) is 5.16 Å². The first-order valence-corrected chi connectivity index (χ1v) is 12.9. The van der Waals surface area contributed by atoms with Gasteiger partial charge in [-0.2, -0.15) is 0 Å². The van der Waals surface area contributed by atoms with Crippen LogP contribution in [0.1, 0.15) is 42.0 Å². The Kier molecular flexibility index (Phi) is 8.03. The fourth-order valence-electron chi connectivity index (χ4n) is 4.07. The zero-order chi connectivity index (χ0) is 26.5. The van der Waals surface area contributed by atoms with Crippen LogP contribution in [0.15, 0.2) is 76.4 Å². The standard InChI is InChI=1S/C28H28N4O4S/c1-5-16-36-27(35)21-14-10-11-15-22(21)32-25(33)23(31(6-2)20-12-8-7-9-13-20)24(26(32)34)37-28-29-18(3)17-19(4)30-28/h7-15,17H,5-6,16H2,1-4H3. The molecule has 0 bridgehead atoms. The van der Waals surface area contributed by atoms with Gasteiger partial charge in [0.2, 0.25) is 0 Å². The Bertz CT molecular complexity index is 1350. The van der Waals surface area contributed by atoms with Crippen molar-refractivity contribution in [2.45, 2.75) is 39.3 Å². The molecule has 1 aliphatic heterocycles. The summed E-state index contributed by atoms with van der Waals surface area (Å²) in [5.41, 5.74) is 2.81. The predicted molar refractivity (Wildman–Crippen MR) is 143 cm³/mol. The number of hydrogen-bond donors (Lipinski definition) is 0. The van der Waals surface area contributed by atoms with E-state index in [0.29, 0.717) is 18.1 Å². The number of benzene rings is 2. The first-order chi connectivity index (χ1) is 17.8. The number of hydrogen-bond acceptors (Lipinski definition) is 8. The number of thioether (sulfide) groups is 1. The third-order valence-corrected chi connectivity index (χ3v) is 6.57. The van der Waals surface area contributed by atoms with Crippen molar-refractivity contribution in [3.8, 4) is 0 Å². The Balaban J connectivity index is 1.84. The van der Waals surface area contributed by atoms with Gasteiger partial charge in [-0.25, -0.2) is 19.7 Å². The van der Waals surface area contributed by atoms with Crippen LogP contribution in [0.2, 0.25) is 0 Å². The molecule has 0 saturated heterocycles. The fourth-order valence-corrected chi connectivity index (χ4v) is 5.10. The van der Waals surface area contributed by atoms with Crippen LogP contribution < -0.4 is 9.80 Å². The Hall–Kier alpha value is -3.98. The monoisotopic (exact) mass is 516 g/mol. The van der Waals surface area contributed by atoms with Gasteiger partial charge in [0.25, 0.3) is 11.8 Å². The number of para-hydroxylation sites is 2. The molecule has 2 amide bonds. The maximum Gasteiger partial charge on any atom is 0.340 e. The van der Waals surface area contributed by atoms with Crippen molar-refractivity contribution in [1.29, 1.82) is 0 Å².